The number of hydrogen-bond donors (Lipinski definition) is 0. The molecule has 0 fully saturated rings. The molecule has 0 aliphatic rings. The molecule has 5 nitrogen and oxygen atoms in total. The summed E-state index contributed by atoms with van der Waals surface area (Å²) in [6, 6.07) is 15.3. The topological polar surface area (TPSA) is 61.0 Å². The Morgan fingerprint density at radius 3 is 2.64 bits per heavy atom. The van der Waals surface area contributed by atoms with Crippen molar-refractivity contribution in [2.45, 2.75) is 6.92 Å². The van der Waals surface area contributed by atoms with Crippen LogP contribution >= 0.6 is 11.6 Å². The number of benzene rings is 2. The third kappa shape index (κ3) is 2.83. The van der Waals surface area contributed by atoms with Crippen molar-refractivity contribution < 1.29 is 9.26 Å². The first-order valence-electron chi connectivity index (χ1n) is 7.70. The van der Waals surface area contributed by atoms with Crippen LogP contribution in [0.5, 0.6) is 5.88 Å². The van der Waals surface area contributed by atoms with E-state index in [1.54, 1.807) is 13.2 Å². The molecule has 0 unspecified atom stereocenters. The number of nitrogens with zero attached hydrogens (tertiary/aromatic N) is 3. The van der Waals surface area contributed by atoms with Gasteiger partial charge in [0.25, 0.3) is 5.89 Å². The second-order valence-electron chi connectivity index (χ2n) is 5.64. The smallest absolute Gasteiger partial charge is 0.259 e. The second kappa shape index (κ2) is 6.18. The SMILES string of the molecule is COc1nc2ccc(C)cc2cc1-c1noc(-c2ccccc2Cl)n1. The fourth-order valence-electron chi connectivity index (χ4n) is 2.67. The zero-order chi connectivity index (χ0) is 17.4. The minimum absolute atomic E-state index is 0.354. The Morgan fingerprint density at radius 1 is 1.00 bits per heavy atom. The third-order valence-corrected chi connectivity index (χ3v) is 4.23. The number of aromatic nitrogens is 3. The van der Waals surface area contributed by atoms with Gasteiger partial charge in [-0.15, -0.1) is 0 Å². The number of pyridine rings is 1. The predicted octanol–water partition coefficient (Wildman–Crippen LogP) is 4.92. The summed E-state index contributed by atoms with van der Waals surface area (Å²) in [5.74, 6) is 1.21. The lowest BCUT2D eigenvalue weighted by Crippen LogP contribution is -1.94. The lowest BCUT2D eigenvalue weighted by Gasteiger charge is -2.07. The highest BCUT2D eigenvalue weighted by Gasteiger charge is 2.18. The molecular formula is C19H14ClN3O2. The van der Waals surface area contributed by atoms with Crippen LogP contribution in [0.1, 0.15) is 5.56 Å². The molecule has 2 aromatic heterocycles. The van der Waals surface area contributed by atoms with Gasteiger partial charge in [0.2, 0.25) is 11.7 Å². The first kappa shape index (κ1) is 15.6. The largest absolute Gasteiger partial charge is 0.480 e. The number of halogens is 1. The van der Waals surface area contributed by atoms with Crippen molar-refractivity contribution in [2.75, 3.05) is 7.11 Å². The molecule has 6 heteroatoms. The van der Waals surface area contributed by atoms with Crippen LogP contribution in [0.15, 0.2) is 53.1 Å². The molecule has 0 saturated carbocycles. The molecule has 124 valence electrons. The zero-order valence-electron chi connectivity index (χ0n) is 13.7. The molecule has 0 bridgehead atoms. The highest BCUT2D eigenvalue weighted by molar-refractivity contribution is 6.33. The summed E-state index contributed by atoms with van der Waals surface area (Å²) in [5, 5.41) is 5.62. The first-order chi connectivity index (χ1) is 12.2. The molecule has 4 aromatic rings. The fraction of sp³-hybridized carbons (Fsp3) is 0.105. The Balaban J connectivity index is 1.86. The van der Waals surface area contributed by atoms with E-state index in [9.17, 15) is 0 Å². The van der Waals surface area contributed by atoms with Crippen molar-refractivity contribution in [3.8, 4) is 28.7 Å². The van der Waals surface area contributed by atoms with Gasteiger partial charge in [-0.05, 0) is 37.3 Å². The van der Waals surface area contributed by atoms with Crippen molar-refractivity contribution in [3.63, 3.8) is 0 Å². The van der Waals surface area contributed by atoms with Crippen molar-refractivity contribution in [2.24, 2.45) is 0 Å². The van der Waals surface area contributed by atoms with Gasteiger partial charge in [-0.3, -0.25) is 0 Å². The molecule has 0 atom stereocenters. The number of rotatable bonds is 3. The summed E-state index contributed by atoms with van der Waals surface area (Å²) in [6.45, 7) is 2.03. The number of ether oxygens (including phenoxy) is 1. The van der Waals surface area contributed by atoms with Crippen molar-refractivity contribution in [1.82, 2.24) is 15.1 Å². The first-order valence-corrected chi connectivity index (χ1v) is 8.08. The summed E-state index contributed by atoms with van der Waals surface area (Å²) in [7, 11) is 1.57. The maximum absolute atomic E-state index is 6.20. The minimum Gasteiger partial charge on any atom is -0.480 e. The highest BCUT2D eigenvalue weighted by atomic mass is 35.5. The molecule has 0 saturated heterocycles. The van der Waals surface area contributed by atoms with E-state index in [0.717, 1.165) is 16.5 Å². The van der Waals surface area contributed by atoms with E-state index in [1.165, 1.54) is 0 Å². The molecule has 25 heavy (non-hydrogen) atoms. The molecule has 0 N–H and O–H groups in total. The summed E-state index contributed by atoms with van der Waals surface area (Å²) in [5.41, 5.74) is 3.35. The van der Waals surface area contributed by atoms with Gasteiger partial charge in [-0.1, -0.05) is 40.5 Å². The van der Waals surface area contributed by atoms with E-state index >= 15 is 0 Å². The molecule has 0 radical (unpaired) electrons. The average molecular weight is 352 g/mol. The van der Waals surface area contributed by atoms with Gasteiger partial charge < -0.3 is 9.26 Å². The van der Waals surface area contributed by atoms with Gasteiger partial charge in [-0.2, -0.15) is 4.98 Å². The Morgan fingerprint density at radius 2 is 1.84 bits per heavy atom. The predicted molar refractivity (Wildman–Crippen MR) is 96.8 cm³/mol. The van der Waals surface area contributed by atoms with Crippen LogP contribution in [0.4, 0.5) is 0 Å². The van der Waals surface area contributed by atoms with E-state index in [4.69, 9.17) is 20.9 Å². The molecule has 2 aromatic carbocycles. The second-order valence-corrected chi connectivity index (χ2v) is 6.05. The Bertz CT molecular complexity index is 1080. The summed E-state index contributed by atoms with van der Waals surface area (Å²) >= 11 is 6.20. The average Bonchev–Trinajstić information content (AvgIpc) is 3.10. The Hall–Kier alpha value is -2.92. The van der Waals surface area contributed by atoms with Crippen LogP contribution in [-0.2, 0) is 0 Å². The van der Waals surface area contributed by atoms with E-state index in [-0.39, 0.29) is 0 Å². The maximum Gasteiger partial charge on any atom is 0.259 e. The molecule has 0 aliphatic heterocycles. The van der Waals surface area contributed by atoms with Crippen LogP contribution in [0.3, 0.4) is 0 Å². The third-order valence-electron chi connectivity index (χ3n) is 3.90. The number of fused-ring (bicyclic) bond motifs is 1. The van der Waals surface area contributed by atoms with E-state index in [1.807, 2.05) is 43.3 Å². The standard InChI is InChI=1S/C19H14ClN3O2/c1-11-7-8-16-12(9-11)10-14(18(21-16)24-2)17-22-19(25-23-17)13-5-3-4-6-15(13)20/h3-10H,1-2H3. The molecule has 2 heterocycles. The van der Waals surface area contributed by atoms with Crippen molar-refractivity contribution in [1.29, 1.82) is 0 Å². The summed E-state index contributed by atoms with van der Waals surface area (Å²) < 4.78 is 10.8. The van der Waals surface area contributed by atoms with E-state index in [0.29, 0.717) is 33.7 Å². The molecule has 4 rings (SSSR count). The van der Waals surface area contributed by atoms with E-state index < -0.39 is 0 Å². The molecular weight excluding hydrogens is 338 g/mol. The van der Waals surface area contributed by atoms with Crippen LogP contribution in [0.2, 0.25) is 5.02 Å². The van der Waals surface area contributed by atoms with Gasteiger partial charge in [0.15, 0.2) is 0 Å². The van der Waals surface area contributed by atoms with Gasteiger partial charge >= 0.3 is 0 Å². The van der Waals surface area contributed by atoms with Crippen LogP contribution in [-0.4, -0.2) is 22.2 Å². The van der Waals surface area contributed by atoms with E-state index in [2.05, 4.69) is 21.2 Å². The summed E-state index contributed by atoms with van der Waals surface area (Å²) in [4.78, 5) is 9.01. The number of methoxy groups -OCH3 is 1. The van der Waals surface area contributed by atoms with Gasteiger partial charge in [0, 0.05) is 5.39 Å². The molecule has 0 aliphatic carbocycles. The van der Waals surface area contributed by atoms with Crippen molar-refractivity contribution in [3.05, 3.63) is 59.1 Å². The van der Waals surface area contributed by atoms with Crippen molar-refractivity contribution >= 4 is 22.5 Å². The highest BCUT2D eigenvalue weighted by Crippen LogP contribution is 2.33. The summed E-state index contributed by atoms with van der Waals surface area (Å²) in [6.07, 6.45) is 0. The van der Waals surface area contributed by atoms with Crippen LogP contribution < -0.4 is 4.74 Å². The maximum atomic E-state index is 6.20. The monoisotopic (exact) mass is 351 g/mol. The zero-order valence-corrected chi connectivity index (χ0v) is 14.4. The normalized spacial score (nSPS) is 11.0. The van der Waals surface area contributed by atoms with Crippen LogP contribution in [0, 0.1) is 6.92 Å². The fourth-order valence-corrected chi connectivity index (χ4v) is 2.89. The van der Waals surface area contributed by atoms with Gasteiger partial charge in [-0.25, -0.2) is 4.98 Å². The van der Waals surface area contributed by atoms with Gasteiger partial charge in [0.1, 0.15) is 0 Å². The Kier molecular flexibility index (Phi) is 3.86. The quantitative estimate of drug-likeness (QED) is 0.524. The molecule has 0 spiro atoms. The lowest BCUT2D eigenvalue weighted by atomic mass is 10.1. The number of hydrogen-bond acceptors (Lipinski definition) is 5. The van der Waals surface area contributed by atoms with Gasteiger partial charge in [0.05, 0.1) is 28.8 Å². The van der Waals surface area contributed by atoms with Crippen LogP contribution in [0.25, 0.3) is 33.7 Å². The number of aryl methyl sites for hydroxylation is 1. The lowest BCUT2D eigenvalue weighted by molar-refractivity contribution is 0.399. The minimum atomic E-state index is 0.354. The Labute approximate surface area is 149 Å². The molecule has 0 amide bonds.